The number of allylic oxidation sites excluding steroid dienone is 2. The zero-order valence-corrected chi connectivity index (χ0v) is 21.0. The Morgan fingerprint density at radius 2 is 1.84 bits per heavy atom. The molecule has 0 aliphatic heterocycles. The molecule has 8 heteroatoms. The van der Waals surface area contributed by atoms with Gasteiger partial charge >= 0.3 is 0 Å². The number of nitrogens with one attached hydrogen (secondary N) is 1. The molecule has 7 nitrogen and oxygen atoms in total. The summed E-state index contributed by atoms with van der Waals surface area (Å²) < 4.78 is 30.9. The molecule has 0 unspecified atom stereocenters. The van der Waals surface area contributed by atoms with Crippen LogP contribution in [0.25, 0.3) is 17.2 Å². The van der Waals surface area contributed by atoms with Gasteiger partial charge in [-0.15, -0.1) is 0 Å². The molecule has 1 aliphatic carbocycles. The molecule has 1 amide bonds. The van der Waals surface area contributed by atoms with Crippen LogP contribution in [0, 0.1) is 5.82 Å². The molecule has 1 aliphatic rings. The first kappa shape index (κ1) is 25.9. The molecule has 192 valence electrons. The molecule has 0 atom stereocenters. The van der Waals surface area contributed by atoms with E-state index >= 15 is 0 Å². The zero-order chi connectivity index (χ0) is 26.4. The van der Waals surface area contributed by atoms with E-state index < -0.39 is 0 Å². The monoisotopic (exact) mass is 504 g/mol. The van der Waals surface area contributed by atoms with Gasteiger partial charge in [-0.1, -0.05) is 12.1 Å². The average molecular weight is 505 g/mol. The molecule has 4 rings (SSSR count). The highest BCUT2D eigenvalue weighted by molar-refractivity contribution is 6.08. The highest BCUT2D eigenvalue weighted by atomic mass is 19.1. The Labute approximate surface area is 215 Å². The fraction of sp³-hybridized carbons (Fsp3) is 0.241. The Morgan fingerprint density at radius 3 is 2.49 bits per heavy atom. The first-order chi connectivity index (χ1) is 17.9. The van der Waals surface area contributed by atoms with Crippen molar-refractivity contribution in [1.29, 1.82) is 0 Å². The number of halogens is 1. The summed E-state index contributed by atoms with van der Waals surface area (Å²) in [5, 5.41) is 12.0. The van der Waals surface area contributed by atoms with Crippen molar-refractivity contribution in [2.45, 2.75) is 19.9 Å². The fourth-order valence-electron chi connectivity index (χ4n) is 4.34. The second kappa shape index (κ2) is 11.7. The topological polar surface area (TPSA) is 89.9 Å². The van der Waals surface area contributed by atoms with Gasteiger partial charge in [-0.3, -0.25) is 9.78 Å². The smallest absolute Gasteiger partial charge is 0.224 e. The van der Waals surface area contributed by atoms with Crippen molar-refractivity contribution in [2.24, 2.45) is 0 Å². The SMILES string of the molecule is COc1cc(C=C2C(C)=C(CC(=O)NCc3ccccn3)c3cc(F)ccc32)cc(OC)c1OCCO. The third-order valence-electron chi connectivity index (χ3n) is 6.12. The van der Waals surface area contributed by atoms with Crippen LogP contribution in [-0.4, -0.2) is 43.4 Å². The number of rotatable bonds is 10. The number of aromatic nitrogens is 1. The second-order valence-corrected chi connectivity index (χ2v) is 8.45. The maximum atomic E-state index is 14.3. The van der Waals surface area contributed by atoms with Crippen molar-refractivity contribution in [2.75, 3.05) is 27.4 Å². The molecular formula is C29H29FN2O5. The summed E-state index contributed by atoms with van der Waals surface area (Å²) in [4.78, 5) is 17.0. The fourth-order valence-corrected chi connectivity index (χ4v) is 4.34. The molecule has 1 aromatic heterocycles. The number of methoxy groups -OCH3 is 2. The number of carbonyl (C=O) groups excluding carboxylic acids is 1. The van der Waals surface area contributed by atoms with Crippen LogP contribution in [-0.2, 0) is 11.3 Å². The van der Waals surface area contributed by atoms with Crippen LogP contribution in [0.3, 0.4) is 0 Å². The Balaban J connectivity index is 1.68. The van der Waals surface area contributed by atoms with Crippen LogP contribution >= 0.6 is 0 Å². The molecule has 0 saturated carbocycles. The Bertz CT molecular complexity index is 1330. The van der Waals surface area contributed by atoms with Gasteiger partial charge in [0.25, 0.3) is 0 Å². The van der Waals surface area contributed by atoms with Crippen LogP contribution in [0.2, 0.25) is 0 Å². The minimum absolute atomic E-state index is 0.0969. The summed E-state index contributed by atoms with van der Waals surface area (Å²) in [6.45, 7) is 2.20. The van der Waals surface area contributed by atoms with Crippen molar-refractivity contribution >= 4 is 23.1 Å². The van der Waals surface area contributed by atoms with Crippen LogP contribution in [0.5, 0.6) is 17.2 Å². The van der Waals surface area contributed by atoms with E-state index in [1.165, 1.54) is 26.4 Å². The van der Waals surface area contributed by atoms with Crippen LogP contribution in [0.1, 0.15) is 35.7 Å². The lowest BCUT2D eigenvalue weighted by Crippen LogP contribution is -2.23. The Kier molecular flexibility index (Phi) is 8.20. The lowest BCUT2D eigenvalue weighted by Gasteiger charge is -2.15. The standard InChI is InChI=1S/C29H29FN2O5/c1-18-23(12-19-13-26(35-2)29(37-11-10-33)27(14-19)36-3)22-8-7-20(30)15-25(22)24(18)16-28(34)32-17-21-6-4-5-9-31-21/h4-9,12-15,33H,10-11,16-17H2,1-3H3,(H,32,34). The van der Waals surface area contributed by atoms with Crippen molar-refractivity contribution in [1.82, 2.24) is 10.3 Å². The number of ether oxygens (including phenoxy) is 3. The van der Waals surface area contributed by atoms with Crippen molar-refractivity contribution in [3.63, 3.8) is 0 Å². The number of benzene rings is 2. The number of hydrogen-bond acceptors (Lipinski definition) is 6. The van der Waals surface area contributed by atoms with Crippen molar-refractivity contribution < 1.29 is 28.5 Å². The minimum atomic E-state index is -0.368. The molecule has 0 radical (unpaired) electrons. The quantitative estimate of drug-likeness (QED) is 0.418. The number of aliphatic hydroxyl groups excluding tert-OH is 1. The summed E-state index contributed by atoms with van der Waals surface area (Å²) >= 11 is 0. The van der Waals surface area contributed by atoms with E-state index in [0.717, 1.165) is 33.5 Å². The third kappa shape index (κ3) is 5.81. The average Bonchev–Trinajstić information content (AvgIpc) is 3.16. The number of carbonyl (C=O) groups is 1. The Morgan fingerprint density at radius 1 is 1.08 bits per heavy atom. The van der Waals surface area contributed by atoms with Crippen LogP contribution < -0.4 is 19.5 Å². The summed E-state index contributed by atoms with van der Waals surface area (Å²) in [6.07, 6.45) is 3.73. The largest absolute Gasteiger partial charge is 0.493 e. The van der Waals surface area contributed by atoms with Gasteiger partial charge in [0, 0.05) is 6.20 Å². The maximum absolute atomic E-state index is 14.3. The second-order valence-electron chi connectivity index (χ2n) is 8.45. The maximum Gasteiger partial charge on any atom is 0.224 e. The number of fused-ring (bicyclic) bond motifs is 1. The van der Waals surface area contributed by atoms with Crippen molar-refractivity contribution in [3.8, 4) is 17.2 Å². The van der Waals surface area contributed by atoms with E-state index in [-0.39, 0.29) is 31.4 Å². The van der Waals surface area contributed by atoms with E-state index in [9.17, 15) is 9.18 Å². The van der Waals surface area contributed by atoms with E-state index in [1.54, 1.807) is 24.4 Å². The highest BCUT2D eigenvalue weighted by Crippen LogP contribution is 2.45. The molecule has 37 heavy (non-hydrogen) atoms. The summed E-state index contributed by atoms with van der Waals surface area (Å²) in [5.41, 5.74) is 5.58. The van der Waals surface area contributed by atoms with Crippen LogP contribution in [0.4, 0.5) is 4.39 Å². The van der Waals surface area contributed by atoms with E-state index in [0.29, 0.717) is 29.4 Å². The Hall–Kier alpha value is -4.17. The van der Waals surface area contributed by atoms with E-state index in [4.69, 9.17) is 19.3 Å². The van der Waals surface area contributed by atoms with Gasteiger partial charge in [0.2, 0.25) is 11.7 Å². The molecule has 2 aromatic carbocycles. The molecule has 1 heterocycles. The summed E-state index contributed by atoms with van der Waals surface area (Å²) in [6, 6.07) is 13.7. The minimum Gasteiger partial charge on any atom is -0.493 e. The lowest BCUT2D eigenvalue weighted by atomic mass is 10.00. The third-order valence-corrected chi connectivity index (χ3v) is 6.12. The van der Waals surface area contributed by atoms with Gasteiger partial charge in [-0.05, 0) is 82.8 Å². The predicted molar refractivity (Wildman–Crippen MR) is 140 cm³/mol. The summed E-state index contributed by atoms with van der Waals surface area (Å²) in [7, 11) is 3.05. The van der Waals surface area contributed by atoms with E-state index in [2.05, 4.69) is 10.3 Å². The highest BCUT2D eigenvalue weighted by Gasteiger charge is 2.26. The van der Waals surface area contributed by atoms with Gasteiger partial charge in [-0.2, -0.15) is 0 Å². The van der Waals surface area contributed by atoms with Gasteiger partial charge in [0.1, 0.15) is 12.4 Å². The zero-order valence-electron chi connectivity index (χ0n) is 21.0. The molecule has 0 bridgehead atoms. The normalized spacial score (nSPS) is 13.5. The lowest BCUT2D eigenvalue weighted by molar-refractivity contribution is -0.120. The first-order valence-corrected chi connectivity index (χ1v) is 11.8. The van der Waals surface area contributed by atoms with E-state index in [1.807, 2.05) is 31.2 Å². The number of nitrogens with zero attached hydrogens (tertiary/aromatic N) is 1. The van der Waals surface area contributed by atoms with Gasteiger partial charge < -0.3 is 24.6 Å². The van der Waals surface area contributed by atoms with Gasteiger partial charge in [0.05, 0.1) is 39.5 Å². The number of amides is 1. The molecule has 2 N–H and O–H groups in total. The number of aliphatic hydroxyl groups is 1. The van der Waals surface area contributed by atoms with Gasteiger partial charge in [0.15, 0.2) is 11.5 Å². The van der Waals surface area contributed by atoms with Gasteiger partial charge in [-0.25, -0.2) is 4.39 Å². The molecule has 0 fully saturated rings. The van der Waals surface area contributed by atoms with Crippen LogP contribution in [0.15, 0.2) is 60.3 Å². The molecule has 3 aromatic rings. The van der Waals surface area contributed by atoms with Crippen molar-refractivity contribution in [3.05, 3.63) is 88.5 Å². The predicted octanol–water partition coefficient (Wildman–Crippen LogP) is 4.64. The number of pyridine rings is 1. The first-order valence-electron chi connectivity index (χ1n) is 11.8. The molecule has 0 saturated heterocycles. The summed E-state index contributed by atoms with van der Waals surface area (Å²) in [5.74, 6) is 0.756. The molecule has 0 spiro atoms. The molecular weight excluding hydrogens is 475 g/mol. The number of hydrogen-bond donors (Lipinski definition) is 2.